The van der Waals surface area contributed by atoms with Gasteiger partial charge in [-0.1, -0.05) is 12.1 Å². The molecule has 1 atom stereocenters. The maximum atomic E-state index is 13.1. The number of thiophene rings is 1. The summed E-state index contributed by atoms with van der Waals surface area (Å²) in [6.45, 7) is 0.918. The Morgan fingerprint density at radius 1 is 1.19 bits per heavy atom. The summed E-state index contributed by atoms with van der Waals surface area (Å²) in [5.41, 5.74) is 1.99. The third kappa shape index (κ3) is 3.12. The highest BCUT2D eigenvalue weighted by atomic mass is 32.1. The molecule has 0 spiro atoms. The quantitative estimate of drug-likeness (QED) is 0.828. The molecule has 2 aliphatic rings. The Labute approximate surface area is 160 Å². The molecular formula is C19H19N3O4S. The van der Waals surface area contributed by atoms with E-state index in [-0.39, 0.29) is 11.9 Å². The Morgan fingerprint density at radius 3 is 2.70 bits per heavy atom. The van der Waals surface area contributed by atoms with Crippen LogP contribution in [0, 0.1) is 0 Å². The molecule has 1 aromatic heterocycles. The van der Waals surface area contributed by atoms with E-state index in [1.807, 2.05) is 23.6 Å². The summed E-state index contributed by atoms with van der Waals surface area (Å²) in [7, 11) is 3.12. The van der Waals surface area contributed by atoms with Gasteiger partial charge in [0.2, 0.25) is 0 Å². The SMILES string of the molecule is COc1ccc(C2NC(=O)NC3=C2C(=O)N(Cc2cccs2)C3)cc1OC. The van der Waals surface area contributed by atoms with Gasteiger partial charge < -0.3 is 25.0 Å². The van der Waals surface area contributed by atoms with Gasteiger partial charge >= 0.3 is 6.03 Å². The Bertz CT molecular complexity index is 923. The zero-order valence-electron chi connectivity index (χ0n) is 14.9. The molecule has 2 aliphatic heterocycles. The maximum Gasteiger partial charge on any atom is 0.319 e. The third-order valence-electron chi connectivity index (χ3n) is 4.69. The van der Waals surface area contributed by atoms with E-state index in [1.54, 1.807) is 42.6 Å². The number of ether oxygens (including phenoxy) is 2. The molecule has 1 unspecified atom stereocenters. The standard InChI is InChI=1S/C19H19N3O4S/c1-25-14-6-5-11(8-15(14)26-2)17-16-13(20-19(24)21-17)10-22(18(16)23)9-12-4-3-7-27-12/h3-8,17H,9-10H2,1-2H3,(H2,20,21,24). The molecule has 3 amide bonds. The zero-order valence-corrected chi connectivity index (χ0v) is 15.8. The fourth-order valence-electron chi connectivity index (χ4n) is 3.43. The molecule has 7 nitrogen and oxygen atoms in total. The first kappa shape index (κ1) is 17.4. The second kappa shape index (κ2) is 6.96. The van der Waals surface area contributed by atoms with Crippen molar-refractivity contribution < 1.29 is 19.1 Å². The van der Waals surface area contributed by atoms with E-state index in [2.05, 4.69) is 10.6 Å². The van der Waals surface area contributed by atoms with Crippen LogP contribution in [-0.2, 0) is 11.3 Å². The van der Waals surface area contributed by atoms with Crippen LogP contribution in [0.3, 0.4) is 0 Å². The van der Waals surface area contributed by atoms with Crippen molar-refractivity contribution >= 4 is 23.3 Å². The molecule has 0 saturated carbocycles. The summed E-state index contributed by atoms with van der Waals surface area (Å²) >= 11 is 1.61. The van der Waals surface area contributed by atoms with Crippen molar-refractivity contribution in [3.63, 3.8) is 0 Å². The highest BCUT2D eigenvalue weighted by Gasteiger charge is 2.40. The lowest BCUT2D eigenvalue weighted by atomic mass is 9.96. The molecule has 0 fully saturated rings. The van der Waals surface area contributed by atoms with Gasteiger partial charge in [-0.2, -0.15) is 0 Å². The van der Waals surface area contributed by atoms with Gasteiger partial charge in [-0.05, 0) is 29.1 Å². The lowest BCUT2D eigenvalue weighted by Gasteiger charge is -2.26. The summed E-state index contributed by atoms with van der Waals surface area (Å²) in [5.74, 6) is 1.06. The predicted octanol–water partition coefficient (Wildman–Crippen LogP) is 2.42. The molecule has 3 heterocycles. The summed E-state index contributed by atoms with van der Waals surface area (Å²) in [6, 6.07) is 8.49. The molecule has 0 saturated heterocycles. The number of methoxy groups -OCH3 is 2. The fourth-order valence-corrected chi connectivity index (χ4v) is 4.15. The average Bonchev–Trinajstić information content (AvgIpc) is 3.29. The largest absolute Gasteiger partial charge is 0.493 e. The molecule has 4 rings (SSSR count). The van der Waals surface area contributed by atoms with E-state index in [0.29, 0.717) is 35.9 Å². The lowest BCUT2D eigenvalue weighted by molar-refractivity contribution is -0.126. The number of hydrogen-bond donors (Lipinski definition) is 2. The van der Waals surface area contributed by atoms with Gasteiger partial charge in [0.15, 0.2) is 11.5 Å². The van der Waals surface area contributed by atoms with E-state index in [4.69, 9.17) is 9.47 Å². The van der Waals surface area contributed by atoms with Crippen molar-refractivity contribution in [2.24, 2.45) is 0 Å². The maximum absolute atomic E-state index is 13.1. The predicted molar refractivity (Wildman–Crippen MR) is 101 cm³/mol. The van der Waals surface area contributed by atoms with Crippen molar-refractivity contribution in [3.8, 4) is 11.5 Å². The molecular weight excluding hydrogens is 366 g/mol. The number of carbonyl (C=O) groups is 2. The van der Waals surface area contributed by atoms with Crippen LogP contribution in [0.5, 0.6) is 11.5 Å². The van der Waals surface area contributed by atoms with Crippen molar-refractivity contribution in [1.29, 1.82) is 0 Å². The van der Waals surface area contributed by atoms with E-state index in [1.165, 1.54) is 0 Å². The van der Waals surface area contributed by atoms with Crippen molar-refractivity contribution in [2.45, 2.75) is 12.6 Å². The van der Waals surface area contributed by atoms with Crippen LogP contribution >= 0.6 is 11.3 Å². The van der Waals surface area contributed by atoms with Crippen molar-refractivity contribution in [3.05, 3.63) is 57.4 Å². The molecule has 8 heteroatoms. The number of urea groups is 1. The average molecular weight is 385 g/mol. The first-order chi connectivity index (χ1) is 13.1. The minimum absolute atomic E-state index is 0.0781. The molecule has 2 N–H and O–H groups in total. The van der Waals surface area contributed by atoms with Gasteiger partial charge in [0.1, 0.15) is 0 Å². The molecule has 0 bridgehead atoms. The van der Waals surface area contributed by atoms with E-state index < -0.39 is 6.04 Å². The summed E-state index contributed by atoms with van der Waals surface area (Å²) in [5, 5.41) is 7.62. The Balaban J connectivity index is 1.66. The number of rotatable bonds is 5. The molecule has 1 aromatic carbocycles. The van der Waals surface area contributed by atoms with Crippen LogP contribution in [-0.4, -0.2) is 37.6 Å². The number of amides is 3. The van der Waals surface area contributed by atoms with Gasteiger partial charge in [-0.25, -0.2) is 4.79 Å². The van der Waals surface area contributed by atoms with Crippen molar-refractivity contribution in [1.82, 2.24) is 15.5 Å². The van der Waals surface area contributed by atoms with Crippen LogP contribution in [0.1, 0.15) is 16.5 Å². The van der Waals surface area contributed by atoms with E-state index in [0.717, 1.165) is 10.4 Å². The Morgan fingerprint density at radius 2 is 2.00 bits per heavy atom. The minimum Gasteiger partial charge on any atom is -0.493 e. The van der Waals surface area contributed by atoms with Crippen LogP contribution in [0.25, 0.3) is 0 Å². The van der Waals surface area contributed by atoms with Crippen molar-refractivity contribution in [2.75, 3.05) is 20.8 Å². The topological polar surface area (TPSA) is 79.9 Å². The molecule has 0 aliphatic carbocycles. The first-order valence-electron chi connectivity index (χ1n) is 8.45. The summed E-state index contributed by atoms with van der Waals surface area (Å²) < 4.78 is 10.6. The van der Waals surface area contributed by atoms with Gasteiger partial charge in [0, 0.05) is 4.88 Å². The second-order valence-electron chi connectivity index (χ2n) is 6.28. The third-order valence-corrected chi connectivity index (χ3v) is 5.55. The molecule has 140 valence electrons. The Hall–Kier alpha value is -3.00. The second-order valence-corrected chi connectivity index (χ2v) is 7.31. The van der Waals surface area contributed by atoms with Crippen LogP contribution in [0.2, 0.25) is 0 Å². The van der Waals surface area contributed by atoms with E-state index >= 15 is 0 Å². The van der Waals surface area contributed by atoms with Crippen LogP contribution in [0.4, 0.5) is 4.79 Å². The zero-order chi connectivity index (χ0) is 19.0. The highest BCUT2D eigenvalue weighted by Crippen LogP contribution is 2.37. The number of nitrogens with one attached hydrogen (secondary N) is 2. The smallest absolute Gasteiger partial charge is 0.319 e. The summed E-state index contributed by atoms with van der Waals surface area (Å²) in [4.78, 5) is 28.1. The van der Waals surface area contributed by atoms with Gasteiger partial charge in [0.25, 0.3) is 5.91 Å². The lowest BCUT2D eigenvalue weighted by Crippen LogP contribution is -2.44. The van der Waals surface area contributed by atoms with Gasteiger partial charge in [-0.15, -0.1) is 11.3 Å². The van der Waals surface area contributed by atoms with E-state index in [9.17, 15) is 9.59 Å². The number of nitrogens with zero attached hydrogens (tertiary/aromatic N) is 1. The minimum atomic E-state index is -0.533. The fraction of sp³-hybridized carbons (Fsp3) is 0.263. The highest BCUT2D eigenvalue weighted by molar-refractivity contribution is 7.09. The summed E-state index contributed by atoms with van der Waals surface area (Å²) in [6.07, 6.45) is 0. The normalized spacial score (nSPS) is 18.9. The van der Waals surface area contributed by atoms with Gasteiger partial charge in [0.05, 0.1) is 44.6 Å². The Kier molecular flexibility index (Phi) is 4.49. The number of benzene rings is 1. The monoisotopic (exact) mass is 385 g/mol. The number of carbonyl (C=O) groups excluding carboxylic acids is 2. The van der Waals surface area contributed by atoms with Gasteiger partial charge in [-0.3, -0.25) is 4.79 Å². The molecule has 2 aromatic rings. The number of hydrogen-bond acceptors (Lipinski definition) is 5. The first-order valence-corrected chi connectivity index (χ1v) is 9.33. The molecule has 27 heavy (non-hydrogen) atoms. The van der Waals surface area contributed by atoms with Crippen LogP contribution in [0.15, 0.2) is 47.0 Å². The van der Waals surface area contributed by atoms with Crippen LogP contribution < -0.4 is 20.1 Å². The molecule has 0 radical (unpaired) electrons.